The zero-order chi connectivity index (χ0) is 27.7. The Bertz CT molecular complexity index is 442. The lowest BCUT2D eigenvalue weighted by Crippen LogP contribution is -2.34. The molecule has 0 rings (SSSR count). The summed E-state index contributed by atoms with van der Waals surface area (Å²) in [6.07, 6.45) is 19.3. The van der Waals surface area contributed by atoms with Crippen molar-refractivity contribution < 1.29 is 19.5 Å². The number of nitrogens with two attached hydrogens (primary N) is 1. The van der Waals surface area contributed by atoms with Crippen LogP contribution in [0.3, 0.4) is 0 Å². The van der Waals surface area contributed by atoms with Crippen LogP contribution in [0.5, 0.6) is 0 Å². The fourth-order valence-electron chi connectivity index (χ4n) is 3.21. The molecule has 0 aliphatic carbocycles. The standard InChI is InChI=1S/C16H33NO.C9H17NO3.2C2H6/c1-2-3-4-5-6-7-8-9-10-11-12-13-14-15-16(17)18;1-7(6-11)10-9(13)5-3-4-8(2)12;2*1-2/h2-15H2,1H3,(H2,17,18);7,11H,3-6H2,1-2H3,(H,10,13);2*1-2H3. The van der Waals surface area contributed by atoms with Gasteiger partial charge in [-0.05, 0) is 26.7 Å². The first kappa shape index (κ1) is 40.7. The van der Waals surface area contributed by atoms with Crippen LogP contribution >= 0.6 is 0 Å². The van der Waals surface area contributed by atoms with Crippen molar-refractivity contribution in [2.75, 3.05) is 6.61 Å². The molecular formula is C29H62N2O4. The van der Waals surface area contributed by atoms with Gasteiger partial charge >= 0.3 is 0 Å². The van der Waals surface area contributed by atoms with Crippen LogP contribution in [-0.4, -0.2) is 35.4 Å². The van der Waals surface area contributed by atoms with Gasteiger partial charge in [-0.3, -0.25) is 9.59 Å². The van der Waals surface area contributed by atoms with Crippen LogP contribution in [0.4, 0.5) is 0 Å². The maximum Gasteiger partial charge on any atom is 0.220 e. The maximum absolute atomic E-state index is 11.1. The normalized spacial score (nSPS) is 10.4. The Morgan fingerprint density at radius 2 is 1.09 bits per heavy atom. The number of ketones is 1. The number of carbonyl (C=O) groups is 3. The van der Waals surface area contributed by atoms with Crippen LogP contribution < -0.4 is 11.1 Å². The van der Waals surface area contributed by atoms with Crippen LogP contribution in [0.1, 0.15) is 158 Å². The average Bonchev–Trinajstić information content (AvgIpc) is 2.84. The molecule has 0 saturated heterocycles. The summed E-state index contributed by atoms with van der Waals surface area (Å²) in [6, 6.07) is -0.204. The Balaban J connectivity index is -0.000000249. The number of carbonyl (C=O) groups excluding carboxylic acids is 3. The number of Topliss-reactive ketones (excluding diaryl/α,β-unsaturated/α-hetero) is 1. The van der Waals surface area contributed by atoms with Gasteiger partial charge in [0, 0.05) is 25.3 Å². The molecule has 0 spiro atoms. The molecule has 6 heteroatoms. The first-order chi connectivity index (χ1) is 16.8. The quantitative estimate of drug-likeness (QED) is 0.152. The highest BCUT2D eigenvalue weighted by Gasteiger charge is 2.05. The summed E-state index contributed by atoms with van der Waals surface area (Å²) in [5.41, 5.74) is 5.09. The third kappa shape index (κ3) is 46.6. The highest BCUT2D eigenvalue weighted by Crippen LogP contribution is 2.12. The van der Waals surface area contributed by atoms with E-state index >= 15 is 0 Å². The second-order valence-corrected chi connectivity index (χ2v) is 8.67. The number of hydrogen-bond acceptors (Lipinski definition) is 4. The molecule has 0 aliphatic rings. The number of rotatable bonds is 20. The summed E-state index contributed by atoms with van der Waals surface area (Å²) in [4.78, 5) is 32.1. The number of hydrogen-bond donors (Lipinski definition) is 3. The SMILES string of the molecule is CC.CC.CC(=O)CCCC(=O)NC(C)CO.CCCCCCCCCCCCCCCC(N)=O. The van der Waals surface area contributed by atoms with E-state index in [4.69, 9.17) is 10.8 Å². The Labute approximate surface area is 218 Å². The van der Waals surface area contributed by atoms with Gasteiger partial charge in [0.2, 0.25) is 11.8 Å². The van der Waals surface area contributed by atoms with Crippen molar-refractivity contribution >= 4 is 17.6 Å². The molecule has 4 N–H and O–H groups in total. The lowest BCUT2D eigenvalue weighted by atomic mass is 10.0. The first-order valence-electron chi connectivity index (χ1n) is 14.5. The zero-order valence-corrected chi connectivity index (χ0v) is 24.6. The molecule has 0 radical (unpaired) electrons. The van der Waals surface area contributed by atoms with Crippen LogP contribution in [-0.2, 0) is 14.4 Å². The van der Waals surface area contributed by atoms with Gasteiger partial charge in [0.05, 0.1) is 6.61 Å². The van der Waals surface area contributed by atoms with Crippen LogP contribution in [0.15, 0.2) is 0 Å². The van der Waals surface area contributed by atoms with Crippen LogP contribution in [0, 0.1) is 0 Å². The van der Waals surface area contributed by atoms with Gasteiger partial charge in [0.25, 0.3) is 0 Å². The van der Waals surface area contributed by atoms with Crippen molar-refractivity contribution in [1.29, 1.82) is 0 Å². The number of aliphatic hydroxyl groups excluding tert-OH is 1. The Kier molecular flexibility index (Phi) is 43.2. The molecule has 0 heterocycles. The highest BCUT2D eigenvalue weighted by molar-refractivity contribution is 5.78. The molecule has 1 atom stereocenters. The molecule has 0 saturated carbocycles. The largest absolute Gasteiger partial charge is 0.394 e. The monoisotopic (exact) mass is 502 g/mol. The minimum atomic E-state index is -0.204. The first-order valence-corrected chi connectivity index (χ1v) is 14.5. The maximum atomic E-state index is 11.1. The number of aliphatic hydroxyl groups is 1. The van der Waals surface area contributed by atoms with Crippen molar-refractivity contribution in [3.63, 3.8) is 0 Å². The topological polar surface area (TPSA) is 109 Å². The number of unbranched alkanes of at least 4 members (excludes halogenated alkanes) is 12. The van der Waals surface area contributed by atoms with Gasteiger partial charge in [-0.1, -0.05) is 112 Å². The lowest BCUT2D eigenvalue weighted by molar-refractivity contribution is -0.122. The molecule has 6 nitrogen and oxygen atoms in total. The van der Waals surface area contributed by atoms with Crippen molar-refractivity contribution in [3.8, 4) is 0 Å². The minimum Gasteiger partial charge on any atom is -0.394 e. The molecule has 0 aliphatic heterocycles. The van der Waals surface area contributed by atoms with Crippen molar-refractivity contribution in [1.82, 2.24) is 5.32 Å². The van der Waals surface area contributed by atoms with Crippen molar-refractivity contribution in [2.24, 2.45) is 5.73 Å². The summed E-state index contributed by atoms with van der Waals surface area (Å²) in [5.74, 6) is -0.163. The van der Waals surface area contributed by atoms with E-state index in [0.29, 0.717) is 25.7 Å². The Morgan fingerprint density at radius 1 is 0.686 bits per heavy atom. The van der Waals surface area contributed by atoms with Crippen molar-refractivity contribution in [3.05, 3.63) is 0 Å². The molecule has 0 aromatic rings. The summed E-state index contributed by atoms with van der Waals surface area (Å²) < 4.78 is 0. The second kappa shape index (κ2) is 37.1. The predicted octanol–water partition coefficient (Wildman–Crippen LogP) is 7.25. The fourth-order valence-corrected chi connectivity index (χ4v) is 3.21. The molecule has 2 amide bonds. The third-order valence-electron chi connectivity index (χ3n) is 5.14. The summed E-state index contributed by atoms with van der Waals surface area (Å²) in [6.45, 7) is 13.4. The third-order valence-corrected chi connectivity index (χ3v) is 5.14. The summed E-state index contributed by atoms with van der Waals surface area (Å²) >= 11 is 0. The number of amides is 2. The van der Waals surface area contributed by atoms with Crippen molar-refractivity contribution in [2.45, 2.75) is 164 Å². The van der Waals surface area contributed by atoms with E-state index in [1.807, 2.05) is 27.7 Å². The molecule has 35 heavy (non-hydrogen) atoms. The average molecular weight is 503 g/mol. The Morgan fingerprint density at radius 3 is 1.43 bits per heavy atom. The molecule has 0 aromatic carbocycles. The van der Waals surface area contributed by atoms with Gasteiger partial charge < -0.3 is 21.0 Å². The summed E-state index contributed by atoms with van der Waals surface area (Å²) in [7, 11) is 0. The summed E-state index contributed by atoms with van der Waals surface area (Å²) in [5, 5.41) is 11.2. The van der Waals surface area contributed by atoms with E-state index in [0.717, 1.165) is 6.42 Å². The van der Waals surface area contributed by atoms with E-state index in [-0.39, 0.29) is 30.2 Å². The lowest BCUT2D eigenvalue weighted by Gasteiger charge is -2.09. The highest BCUT2D eigenvalue weighted by atomic mass is 16.3. The van der Waals surface area contributed by atoms with Crippen LogP contribution in [0.2, 0.25) is 0 Å². The molecule has 0 aromatic heterocycles. The molecule has 0 bridgehead atoms. The Hall–Kier alpha value is -1.43. The predicted molar refractivity (Wildman–Crippen MR) is 151 cm³/mol. The van der Waals surface area contributed by atoms with E-state index in [1.165, 1.54) is 84.0 Å². The van der Waals surface area contributed by atoms with E-state index in [2.05, 4.69) is 12.2 Å². The van der Waals surface area contributed by atoms with Gasteiger partial charge in [-0.15, -0.1) is 0 Å². The van der Waals surface area contributed by atoms with Crippen LogP contribution in [0.25, 0.3) is 0 Å². The fraction of sp³-hybridized carbons (Fsp3) is 0.897. The van der Waals surface area contributed by atoms with E-state index in [1.54, 1.807) is 6.92 Å². The van der Waals surface area contributed by atoms with Gasteiger partial charge in [-0.25, -0.2) is 0 Å². The van der Waals surface area contributed by atoms with Gasteiger partial charge in [0.1, 0.15) is 5.78 Å². The second-order valence-electron chi connectivity index (χ2n) is 8.67. The van der Waals surface area contributed by atoms with E-state index in [9.17, 15) is 14.4 Å². The molecule has 212 valence electrons. The van der Waals surface area contributed by atoms with Gasteiger partial charge in [-0.2, -0.15) is 0 Å². The minimum absolute atomic E-state index is 0.0571. The van der Waals surface area contributed by atoms with E-state index < -0.39 is 0 Å². The number of nitrogens with one attached hydrogen (secondary N) is 1. The zero-order valence-electron chi connectivity index (χ0n) is 24.6. The van der Waals surface area contributed by atoms with Gasteiger partial charge in [0.15, 0.2) is 0 Å². The molecule has 0 fully saturated rings. The number of primary amides is 1. The smallest absolute Gasteiger partial charge is 0.220 e. The molecular weight excluding hydrogens is 440 g/mol. The molecule has 1 unspecified atom stereocenters.